The third-order valence-corrected chi connectivity index (χ3v) is 7.89. The summed E-state index contributed by atoms with van der Waals surface area (Å²) in [5.74, 6) is -0.0411. The number of carbonyl (C=O) groups excluding carboxylic acids is 3. The van der Waals surface area contributed by atoms with Crippen LogP contribution in [0.1, 0.15) is 75.7 Å². The van der Waals surface area contributed by atoms with Crippen LogP contribution in [-0.4, -0.2) is 46.0 Å². The molecule has 2 heterocycles. The van der Waals surface area contributed by atoms with E-state index in [1.165, 1.54) is 0 Å². The van der Waals surface area contributed by atoms with Gasteiger partial charge in [-0.3, -0.25) is 14.4 Å². The van der Waals surface area contributed by atoms with Gasteiger partial charge >= 0.3 is 0 Å². The number of rotatable bonds is 8. The minimum atomic E-state index is -0.641. The fourth-order valence-corrected chi connectivity index (χ4v) is 5.92. The Bertz CT molecular complexity index is 854. The molecule has 0 unspecified atom stereocenters. The number of hydrogen-bond donors (Lipinski definition) is 2. The molecule has 2 aliphatic rings. The normalized spacial score (nSPS) is 23.3. The first-order valence-electron chi connectivity index (χ1n) is 11.3. The lowest BCUT2D eigenvalue weighted by Gasteiger charge is -2.32. The average Bonchev–Trinajstić information content (AvgIpc) is 3.14. The molecule has 0 spiro atoms. The van der Waals surface area contributed by atoms with Crippen molar-refractivity contribution < 1.29 is 14.4 Å². The largest absolute Gasteiger partial charge is 0.354 e. The summed E-state index contributed by atoms with van der Waals surface area (Å²) in [5, 5.41) is 5.81. The summed E-state index contributed by atoms with van der Waals surface area (Å²) in [6, 6.07) is 6.30. The smallest absolute Gasteiger partial charge is 0.256 e. The average molecular weight is 446 g/mol. The first-order valence-corrected chi connectivity index (χ1v) is 12.1. The van der Waals surface area contributed by atoms with Gasteiger partial charge in [-0.1, -0.05) is 52.3 Å². The predicted octanol–water partition coefficient (Wildman–Crippen LogP) is 3.73. The van der Waals surface area contributed by atoms with Gasteiger partial charge in [0.1, 0.15) is 17.5 Å². The van der Waals surface area contributed by atoms with Crippen LogP contribution in [0.15, 0.2) is 24.3 Å². The molecule has 0 saturated carbocycles. The Balaban J connectivity index is 1.80. The van der Waals surface area contributed by atoms with E-state index in [0.717, 1.165) is 18.4 Å². The lowest BCUT2D eigenvalue weighted by Crippen LogP contribution is -2.58. The van der Waals surface area contributed by atoms with Gasteiger partial charge in [-0.2, -0.15) is 0 Å². The number of nitrogens with zero attached hydrogens (tertiary/aromatic N) is 1. The van der Waals surface area contributed by atoms with E-state index in [0.29, 0.717) is 18.0 Å². The van der Waals surface area contributed by atoms with Crippen LogP contribution in [0, 0.1) is 11.8 Å². The first-order chi connectivity index (χ1) is 14.6. The maximum absolute atomic E-state index is 13.5. The van der Waals surface area contributed by atoms with Gasteiger partial charge in [0.25, 0.3) is 5.91 Å². The first kappa shape index (κ1) is 23.6. The molecule has 0 bridgehead atoms. The lowest BCUT2D eigenvalue weighted by molar-refractivity contribution is -0.133. The highest BCUT2D eigenvalue weighted by Gasteiger charge is 2.57. The third-order valence-electron chi connectivity index (χ3n) is 6.36. The maximum atomic E-state index is 13.5. The molecule has 2 N–H and O–H groups in total. The van der Waals surface area contributed by atoms with E-state index in [1.807, 2.05) is 52.0 Å². The Morgan fingerprint density at radius 3 is 2.52 bits per heavy atom. The molecule has 1 aromatic rings. The van der Waals surface area contributed by atoms with E-state index in [2.05, 4.69) is 24.5 Å². The molecule has 0 aromatic heterocycles. The summed E-state index contributed by atoms with van der Waals surface area (Å²) in [5.41, 5.74) is 1.63. The quantitative estimate of drug-likeness (QED) is 0.639. The number of hydrogen-bond acceptors (Lipinski definition) is 4. The van der Waals surface area contributed by atoms with E-state index in [1.54, 1.807) is 16.7 Å². The van der Waals surface area contributed by atoms with Crippen molar-refractivity contribution in [2.24, 2.45) is 11.8 Å². The monoisotopic (exact) mass is 445 g/mol. The van der Waals surface area contributed by atoms with Gasteiger partial charge in [-0.05, 0) is 43.7 Å². The highest BCUT2D eigenvalue weighted by atomic mass is 32.2. The molecule has 1 fully saturated rings. The molecular formula is C24H35N3O3S. The molecule has 1 saturated heterocycles. The Morgan fingerprint density at radius 1 is 1.19 bits per heavy atom. The summed E-state index contributed by atoms with van der Waals surface area (Å²) in [6.45, 7) is 12.8. The van der Waals surface area contributed by atoms with Crippen LogP contribution in [0.3, 0.4) is 0 Å². The Morgan fingerprint density at radius 2 is 1.87 bits per heavy atom. The fraction of sp³-hybridized carbons (Fsp3) is 0.625. The second-order valence-corrected chi connectivity index (χ2v) is 11.4. The van der Waals surface area contributed by atoms with Gasteiger partial charge in [-0.15, -0.1) is 11.8 Å². The number of benzene rings is 1. The van der Waals surface area contributed by atoms with E-state index < -0.39 is 16.8 Å². The van der Waals surface area contributed by atoms with Crippen molar-refractivity contribution in [1.82, 2.24) is 15.5 Å². The van der Waals surface area contributed by atoms with Crippen LogP contribution in [0.4, 0.5) is 0 Å². The van der Waals surface area contributed by atoms with Crippen molar-refractivity contribution in [3.05, 3.63) is 35.4 Å². The van der Waals surface area contributed by atoms with Crippen LogP contribution in [0.5, 0.6) is 0 Å². The van der Waals surface area contributed by atoms with Crippen molar-refractivity contribution in [2.75, 3.05) is 6.54 Å². The van der Waals surface area contributed by atoms with Crippen molar-refractivity contribution >= 4 is 29.5 Å². The molecule has 0 aliphatic carbocycles. The van der Waals surface area contributed by atoms with Crippen LogP contribution in [0.25, 0.3) is 0 Å². The fourth-order valence-electron chi connectivity index (χ4n) is 4.33. The number of carbonyl (C=O) groups is 3. The number of nitrogens with one attached hydrogen (secondary N) is 2. The summed E-state index contributed by atoms with van der Waals surface area (Å²) in [6.07, 6.45) is 1.66. The van der Waals surface area contributed by atoms with Crippen LogP contribution in [-0.2, 0) is 9.59 Å². The van der Waals surface area contributed by atoms with Crippen molar-refractivity contribution in [2.45, 2.75) is 76.6 Å². The van der Waals surface area contributed by atoms with Crippen LogP contribution in [0.2, 0.25) is 0 Å². The van der Waals surface area contributed by atoms with Gasteiger partial charge in [0, 0.05) is 16.9 Å². The van der Waals surface area contributed by atoms with Crippen molar-refractivity contribution in [3.8, 4) is 0 Å². The molecule has 4 atom stereocenters. The Hall–Kier alpha value is -2.02. The number of fused-ring (bicyclic) bond motifs is 3. The summed E-state index contributed by atoms with van der Waals surface area (Å²) < 4.78 is -0.466. The number of amides is 3. The van der Waals surface area contributed by atoms with Crippen LogP contribution < -0.4 is 10.6 Å². The molecule has 2 aliphatic heterocycles. The molecule has 6 nitrogen and oxygen atoms in total. The number of thioether (sulfide) groups is 1. The zero-order valence-corrected chi connectivity index (χ0v) is 20.2. The third kappa shape index (κ3) is 4.61. The molecule has 170 valence electrons. The maximum Gasteiger partial charge on any atom is 0.256 e. The lowest BCUT2D eigenvalue weighted by atomic mass is 9.95. The van der Waals surface area contributed by atoms with Gasteiger partial charge in [0.15, 0.2) is 0 Å². The molecule has 7 heteroatoms. The van der Waals surface area contributed by atoms with Gasteiger partial charge in [0.05, 0.1) is 0 Å². The van der Waals surface area contributed by atoms with Gasteiger partial charge in [-0.25, -0.2) is 0 Å². The SMILES string of the molecule is CC[C@@H](C)[C@H](NC(=O)[C@@H]1N2C(=O)c3ccccc3[C@@H]2SC1(C)C)C(=O)NCCC(C)C. The minimum absolute atomic E-state index is 0.0116. The van der Waals surface area contributed by atoms with Gasteiger partial charge in [0.2, 0.25) is 11.8 Å². The topological polar surface area (TPSA) is 78.5 Å². The zero-order valence-electron chi connectivity index (χ0n) is 19.4. The van der Waals surface area contributed by atoms with E-state index in [4.69, 9.17) is 0 Å². The summed E-state index contributed by atoms with van der Waals surface area (Å²) in [4.78, 5) is 41.3. The van der Waals surface area contributed by atoms with Crippen LogP contribution >= 0.6 is 11.8 Å². The van der Waals surface area contributed by atoms with E-state index in [9.17, 15) is 14.4 Å². The minimum Gasteiger partial charge on any atom is -0.354 e. The molecule has 3 amide bonds. The van der Waals surface area contributed by atoms with Crippen molar-refractivity contribution in [1.29, 1.82) is 0 Å². The standard InChI is InChI=1S/C24H35N3O3S/c1-7-15(4)18(20(28)25-13-12-14(2)3)26-21(29)19-24(5,6)31-23-17-11-9-8-10-16(17)22(30)27(19)23/h8-11,14-15,18-19,23H,7,12-13H2,1-6H3,(H,25,28)(H,26,29)/t15-,18+,19+,23+/m1/s1. The Labute approximate surface area is 189 Å². The van der Waals surface area contributed by atoms with Crippen molar-refractivity contribution in [3.63, 3.8) is 0 Å². The van der Waals surface area contributed by atoms with E-state index >= 15 is 0 Å². The van der Waals surface area contributed by atoms with Gasteiger partial charge < -0.3 is 15.5 Å². The predicted molar refractivity (Wildman–Crippen MR) is 125 cm³/mol. The molecular weight excluding hydrogens is 410 g/mol. The molecule has 3 rings (SSSR count). The second-order valence-electron chi connectivity index (χ2n) is 9.62. The zero-order chi connectivity index (χ0) is 22.9. The second kappa shape index (κ2) is 9.23. The highest BCUT2D eigenvalue weighted by Crippen LogP contribution is 2.56. The summed E-state index contributed by atoms with van der Waals surface area (Å²) >= 11 is 1.63. The molecule has 31 heavy (non-hydrogen) atoms. The molecule has 1 aromatic carbocycles. The highest BCUT2D eigenvalue weighted by molar-refractivity contribution is 8.01. The Kier molecular flexibility index (Phi) is 7.04. The summed E-state index contributed by atoms with van der Waals surface area (Å²) in [7, 11) is 0. The van der Waals surface area contributed by atoms with E-state index in [-0.39, 0.29) is 29.0 Å². The molecule has 0 radical (unpaired) electrons.